The van der Waals surface area contributed by atoms with Crippen LogP contribution in [0.4, 0.5) is 0 Å². The molecule has 0 atom stereocenters. The van der Waals surface area contributed by atoms with E-state index < -0.39 is 0 Å². The molecule has 25 heavy (non-hydrogen) atoms. The van der Waals surface area contributed by atoms with Gasteiger partial charge in [0.05, 0.1) is 6.26 Å². The molecule has 0 aliphatic carbocycles. The quantitative estimate of drug-likeness (QED) is 0.687. The van der Waals surface area contributed by atoms with E-state index in [9.17, 15) is 4.79 Å². The van der Waals surface area contributed by atoms with E-state index >= 15 is 0 Å². The van der Waals surface area contributed by atoms with Gasteiger partial charge in [0.25, 0.3) is 5.91 Å². The van der Waals surface area contributed by atoms with Gasteiger partial charge >= 0.3 is 0 Å². The highest BCUT2D eigenvalue weighted by molar-refractivity contribution is 5.91. The Hall–Kier alpha value is -2.76. The van der Waals surface area contributed by atoms with E-state index in [2.05, 4.69) is 46.4 Å². The topological polar surface area (TPSA) is 61.1 Å². The molecule has 1 amide bonds. The van der Waals surface area contributed by atoms with Gasteiger partial charge in [0.1, 0.15) is 0 Å². The fourth-order valence-corrected chi connectivity index (χ4v) is 3.01. The Morgan fingerprint density at radius 1 is 1.16 bits per heavy atom. The number of hydrogen-bond acceptors (Lipinski definition) is 3. The molecule has 0 saturated carbocycles. The number of guanidine groups is 1. The number of nitrogens with zero attached hydrogens (tertiary/aromatic N) is 3. The van der Waals surface area contributed by atoms with E-state index in [0.29, 0.717) is 18.8 Å². The van der Waals surface area contributed by atoms with E-state index in [0.717, 1.165) is 25.6 Å². The van der Waals surface area contributed by atoms with E-state index in [1.165, 1.54) is 17.4 Å². The third kappa shape index (κ3) is 4.21. The molecule has 2 aromatic rings. The van der Waals surface area contributed by atoms with Crippen molar-refractivity contribution in [3.8, 4) is 0 Å². The highest BCUT2D eigenvalue weighted by Crippen LogP contribution is 2.10. The summed E-state index contributed by atoms with van der Waals surface area (Å²) in [5, 5.41) is 3.41. The minimum Gasteiger partial charge on any atom is -0.459 e. The monoisotopic (exact) mass is 340 g/mol. The summed E-state index contributed by atoms with van der Waals surface area (Å²) in [5.74, 6) is 1.22. The zero-order chi connectivity index (χ0) is 17.6. The summed E-state index contributed by atoms with van der Waals surface area (Å²) in [6.45, 7) is 5.64. The SMILES string of the molecule is CN=C(NCc1cccc(C)c1)N1CCN(C(=O)c2ccco2)CC1. The summed E-state index contributed by atoms with van der Waals surface area (Å²) in [5.41, 5.74) is 2.48. The van der Waals surface area contributed by atoms with Crippen LogP contribution >= 0.6 is 0 Å². The molecule has 1 aliphatic heterocycles. The standard InChI is InChI=1S/C19H24N4O2/c1-15-5-3-6-16(13-15)14-21-19(20-2)23-10-8-22(9-11-23)18(24)17-7-4-12-25-17/h3-7,12-13H,8-11,14H2,1-2H3,(H,20,21). The normalized spacial score (nSPS) is 15.4. The van der Waals surface area contributed by atoms with Gasteiger partial charge in [0.2, 0.25) is 0 Å². The van der Waals surface area contributed by atoms with Gasteiger partial charge in [-0.15, -0.1) is 0 Å². The molecular formula is C19H24N4O2. The van der Waals surface area contributed by atoms with Crippen molar-refractivity contribution < 1.29 is 9.21 Å². The van der Waals surface area contributed by atoms with E-state index in [-0.39, 0.29) is 5.91 Å². The second-order valence-corrected chi connectivity index (χ2v) is 6.15. The molecule has 0 unspecified atom stereocenters. The van der Waals surface area contributed by atoms with Gasteiger partial charge in [-0.2, -0.15) is 0 Å². The molecule has 1 fully saturated rings. The maximum atomic E-state index is 12.3. The van der Waals surface area contributed by atoms with Gasteiger partial charge in [0, 0.05) is 39.8 Å². The highest BCUT2D eigenvalue weighted by Gasteiger charge is 2.25. The molecule has 132 valence electrons. The van der Waals surface area contributed by atoms with Crippen molar-refractivity contribution in [3.05, 3.63) is 59.5 Å². The third-order valence-electron chi connectivity index (χ3n) is 4.34. The molecule has 6 nitrogen and oxygen atoms in total. The Morgan fingerprint density at radius 2 is 1.92 bits per heavy atom. The van der Waals surface area contributed by atoms with Crippen molar-refractivity contribution in [2.45, 2.75) is 13.5 Å². The first-order valence-corrected chi connectivity index (χ1v) is 8.51. The number of hydrogen-bond donors (Lipinski definition) is 1. The van der Waals surface area contributed by atoms with Crippen LogP contribution in [0.3, 0.4) is 0 Å². The minimum absolute atomic E-state index is 0.0487. The number of aliphatic imine (C=N–C) groups is 1. The summed E-state index contributed by atoms with van der Waals surface area (Å²) in [6.07, 6.45) is 1.53. The lowest BCUT2D eigenvalue weighted by Crippen LogP contribution is -2.53. The summed E-state index contributed by atoms with van der Waals surface area (Å²) >= 11 is 0. The Labute approximate surface area is 148 Å². The average molecular weight is 340 g/mol. The van der Waals surface area contributed by atoms with Crippen LogP contribution in [0.5, 0.6) is 0 Å². The first-order chi connectivity index (χ1) is 12.2. The minimum atomic E-state index is -0.0487. The predicted molar refractivity (Wildman–Crippen MR) is 97.6 cm³/mol. The van der Waals surface area contributed by atoms with Crippen molar-refractivity contribution in [3.63, 3.8) is 0 Å². The molecule has 1 saturated heterocycles. The Kier molecular flexibility index (Phi) is 5.38. The second kappa shape index (κ2) is 7.88. The van der Waals surface area contributed by atoms with Crippen LogP contribution in [0, 0.1) is 6.92 Å². The lowest BCUT2D eigenvalue weighted by atomic mass is 10.1. The van der Waals surface area contributed by atoms with E-state index in [1.54, 1.807) is 19.2 Å². The number of carbonyl (C=O) groups excluding carboxylic acids is 1. The number of carbonyl (C=O) groups is 1. The third-order valence-corrected chi connectivity index (χ3v) is 4.34. The van der Waals surface area contributed by atoms with Crippen molar-refractivity contribution in [2.75, 3.05) is 33.2 Å². The number of benzene rings is 1. The van der Waals surface area contributed by atoms with Crippen molar-refractivity contribution in [1.29, 1.82) is 0 Å². The average Bonchev–Trinajstić information content (AvgIpc) is 3.17. The molecule has 1 aromatic carbocycles. The fraction of sp³-hybridized carbons (Fsp3) is 0.368. The number of amides is 1. The van der Waals surface area contributed by atoms with Crippen molar-refractivity contribution >= 4 is 11.9 Å². The Morgan fingerprint density at radius 3 is 2.56 bits per heavy atom. The smallest absolute Gasteiger partial charge is 0.289 e. The zero-order valence-corrected chi connectivity index (χ0v) is 14.7. The first-order valence-electron chi connectivity index (χ1n) is 8.51. The maximum absolute atomic E-state index is 12.3. The van der Waals surface area contributed by atoms with Gasteiger partial charge in [-0.3, -0.25) is 9.79 Å². The van der Waals surface area contributed by atoms with Crippen LogP contribution in [0.1, 0.15) is 21.7 Å². The summed E-state index contributed by atoms with van der Waals surface area (Å²) in [7, 11) is 1.79. The number of furan rings is 1. The van der Waals surface area contributed by atoms with Gasteiger partial charge < -0.3 is 19.5 Å². The molecule has 1 aliphatic rings. The Balaban J connectivity index is 1.53. The van der Waals surface area contributed by atoms with Crippen LogP contribution in [0.15, 0.2) is 52.1 Å². The molecule has 0 bridgehead atoms. The van der Waals surface area contributed by atoms with Crippen LogP contribution in [-0.2, 0) is 6.54 Å². The van der Waals surface area contributed by atoms with Crippen molar-refractivity contribution in [2.24, 2.45) is 4.99 Å². The summed E-state index contributed by atoms with van der Waals surface area (Å²) in [6, 6.07) is 11.9. The van der Waals surface area contributed by atoms with E-state index in [1.807, 2.05) is 4.90 Å². The number of aryl methyl sites for hydroxylation is 1. The summed E-state index contributed by atoms with van der Waals surface area (Å²) in [4.78, 5) is 20.7. The molecule has 2 heterocycles. The van der Waals surface area contributed by atoms with Crippen LogP contribution in [0.2, 0.25) is 0 Å². The van der Waals surface area contributed by atoms with Crippen LogP contribution in [-0.4, -0.2) is 54.9 Å². The molecule has 0 radical (unpaired) electrons. The van der Waals surface area contributed by atoms with Crippen LogP contribution < -0.4 is 5.32 Å². The van der Waals surface area contributed by atoms with Gasteiger partial charge in [-0.05, 0) is 24.6 Å². The molecule has 3 rings (SSSR count). The fourth-order valence-electron chi connectivity index (χ4n) is 3.01. The highest BCUT2D eigenvalue weighted by atomic mass is 16.3. The zero-order valence-electron chi connectivity index (χ0n) is 14.7. The molecule has 1 N–H and O–H groups in total. The van der Waals surface area contributed by atoms with Gasteiger partial charge in [-0.25, -0.2) is 0 Å². The maximum Gasteiger partial charge on any atom is 0.289 e. The number of piperazine rings is 1. The van der Waals surface area contributed by atoms with Gasteiger partial charge in [0.15, 0.2) is 11.7 Å². The van der Waals surface area contributed by atoms with Crippen LogP contribution in [0.25, 0.3) is 0 Å². The summed E-state index contributed by atoms with van der Waals surface area (Å²) < 4.78 is 5.20. The lowest BCUT2D eigenvalue weighted by Gasteiger charge is -2.36. The molecule has 0 spiro atoms. The number of nitrogens with one attached hydrogen (secondary N) is 1. The molecule has 1 aromatic heterocycles. The lowest BCUT2D eigenvalue weighted by molar-refractivity contribution is 0.0657. The van der Waals surface area contributed by atoms with Crippen molar-refractivity contribution in [1.82, 2.24) is 15.1 Å². The number of rotatable bonds is 3. The second-order valence-electron chi connectivity index (χ2n) is 6.15. The Bertz CT molecular complexity index is 732. The largest absolute Gasteiger partial charge is 0.459 e. The first kappa shape index (κ1) is 17.1. The predicted octanol–water partition coefficient (Wildman–Crippen LogP) is 2.12. The van der Waals surface area contributed by atoms with Gasteiger partial charge in [-0.1, -0.05) is 29.8 Å². The van der Waals surface area contributed by atoms with E-state index in [4.69, 9.17) is 4.42 Å². The molecular weight excluding hydrogens is 316 g/mol. The molecule has 6 heteroatoms.